The highest BCUT2D eigenvalue weighted by atomic mass is 32.1. The molecule has 0 amide bonds. The molecule has 0 fully saturated rings. The minimum atomic E-state index is -0.483. The van der Waals surface area contributed by atoms with Crippen molar-refractivity contribution >= 4 is 33.7 Å². The van der Waals surface area contributed by atoms with Crippen molar-refractivity contribution in [3.63, 3.8) is 0 Å². The van der Waals surface area contributed by atoms with Crippen molar-refractivity contribution < 1.29 is 28.6 Å². The lowest BCUT2D eigenvalue weighted by molar-refractivity contribution is -0.122. The number of thiophene rings is 1. The van der Waals surface area contributed by atoms with E-state index in [1.807, 2.05) is 6.92 Å². The molecule has 1 N–H and O–H groups in total. The summed E-state index contributed by atoms with van der Waals surface area (Å²) < 4.78 is 25.1. The van der Waals surface area contributed by atoms with Crippen LogP contribution in [0.1, 0.15) is 29.4 Å². The predicted molar refractivity (Wildman–Crippen MR) is 82.8 cm³/mol. The molecule has 0 atom stereocenters. The molecule has 120 valence electrons. The van der Waals surface area contributed by atoms with Crippen molar-refractivity contribution in [3.8, 4) is 11.5 Å². The molecule has 0 aliphatic rings. The molecule has 0 bridgehead atoms. The monoisotopic (exact) mass is 328 g/mol. The standard InChI is InChI=1S/C14H15FO3S.CH2O2/c1-4-5-9(16)12-6-8-11(19-12)7-10(17-2)14(18-3)13(8)15;2-1-3/h6-7H,4-5H2,1-3H3;1H,(H,2,3). The van der Waals surface area contributed by atoms with Crippen LogP contribution < -0.4 is 9.47 Å². The molecule has 22 heavy (non-hydrogen) atoms. The molecular formula is C15H17FO5S. The smallest absolute Gasteiger partial charge is 0.290 e. The van der Waals surface area contributed by atoms with Crippen LogP contribution in [0.15, 0.2) is 12.1 Å². The maximum Gasteiger partial charge on any atom is 0.290 e. The van der Waals surface area contributed by atoms with Crippen LogP contribution in [-0.2, 0) is 4.79 Å². The van der Waals surface area contributed by atoms with Gasteiger partial charge < -0.3 is 14.6 Å². The summed E-state index contributed by atoms with van der Waals surface area (Å²) in [4.78, 5) is 20.8. The highest BCUT2D eigenvalue weighted by Crippen LogP contribution is 2.39. The zero-order valence-corrected chi connectivity index (χ0v) is 13.3. The van der Waals surface area contributed by atoms with Gasteiger partial charge in [-0.05, 0) is 12.5 Å². The van der Waals surface area contributed by atoms with Gasteiger partial charge in [-0.15, -0.1) is 11.3 Å². The summed E-state index contributed by atoms with van der Waals surface area (Å²) in [6.45, 7) is 1.69. The average Bonchev–Trinajstić information content (AvgIpc) is 2.92. The number of fused-ring (bicyclic) bond motifs is 1. The first-order valence-corrected chi connectivity index (χ1v) is 7.30. The van der Waals surface area contributed by atoms with E-state index in [2.05, 4.69) is 0 Å². The molecule has 0 unspecified atom stereocenters. The van der Waals surface area contributed by atoms with E-state index in [1.165, 1.54) is 25.6 Å². The number of methoxy groups -OCH3 is 2. The van der Waals surface area contributed by atoms with E-state index in [9.17, 15) is 9.18 Å². The molecule has 2 aromatic rings. The van der Waals surface area contributed by atoms with Gasteiger partial charge in [-0.3, -0.25) is 9.59 Å². The summed E-state index contributed by atoms with van der Waals surface area (Å²) in [5.41, 5.74) is 0. The third-order valence-electron chi connectivity index (χ3n) is 2.86. The van der Waals surface area contributed by atoms with Crippen LogP contribution in [0.3, 0.4) is 0 Å². The van der Waals surface area contributed by atoms with Crippen LogP contribution in [0, 0.1) is 5.82 Å². The fraction of sp³-hybridized carbons (Fsp3) is 0.333. The first-order chi connectivity index (χ1) is 10.5. The van der Waals surface area contributed by atoms with Gasteiger partial charge in [0.25, 0.3) is 6.47 Å². The Morgan fingerprint density at radius 1 is 1.36 bits per heavy atom. The van der Waals surface area contributed by atoms with E-state index in [0.717, 1.165) is 6.42 Å². The van der Waals surface area contributed by atoms with Crippen molar-refractivity contribution in [1.82, 2.24) is 0 Å². The fourth-order valence-electron chi connectivity index (χ4n) is 1.93. The van der Waals surface area contributed by atoms with E-state index in [1.54, 1.807) is 12.1 Å². The number of carbonyl (C=O) groups excluding carboxylic acids is 1. The molecule has 0 aliphatic carbocycles. The molecule has 0 spiro atoms. The van der Waals surface area contributed by atoms with Gasteiger partial charge >= 0.3 is 0 Å². The van der Waals surface area contributed by atoms with Crippen molar-refractivity contribution in [2.45, 2.75) is 19.8 Å². The van der Waals surface area contributed by atoms with Crippen molar-refractivity contribution in [1.29, 1.82) is 0 Å². The Morgan fingerprint density at radius 2 is 2.00 bits per heavy atom. The van der Waals surface area contributed by atoms with Gasteiger partial charge in [0, 0.05) is 22.6 Å². The number of ketones is 1. The minimum absolute atomic E-state index is 0.0426. The van der Waals surface area contributed by atoms with Crippen LogP contribution in [-0.4, -0.2) is 31.6 Å². The summed E-state index contributed by atoms with van der Waals surface area (Å²) in [6.07, 6.45) is 1.25. The van der Waals surface area contributed by atoms with Crippen LogP contribution >= 0.6 is 11.3 Å². The number of rotatable bonds is 5. The summed E-state index contributed by atoms with van der Waals surface area (Å²) in [7, 11) is 2.85. The minimum Gasteiger partial charge on any atom is -0.493 e. The molecule has 1 aromatic heterocycles. The third-order valence-corrected chi connectivity index (χ3v) is 3.98. The van der Waals surface area contributed by atoms with Crippen LogP contribution in [0.5, 0.6) is 11.5 Å². The Labute approximate surface area is 131 Å². The second-order valence-electron chi connectivity index (χ2n) is 4.23. The van der Waals surface area contributed by atoms with E-state index >= 15 is 0 Å². The lowest BCUT2D eigenvalue weighted by Crippen LogP contribution is -1.94. The highest BCUT2D eigenvalue weighted by Gasteiger charge is 2.19. The topological polar surface area (TPSA) is 72.8 Å². The predicted octanol–water partition coefficient (Wildman–Crippen LogP) is 3.74. The quantitative estimate of drug-likeness (QED) is 0.668. The number of benzene rings is 1. The zero-order chi connectivity index (χ0) is 16.7. The molecule has 5 nitrogen and oxygen atoms in total. The third kappa shape index (κ3) is 3.73. The van der Waals surface area contributed by atoms with E-state index in [4.69, 9.17) is 19.4 Å². The van der Waals surface area contributed by atoms with Gasteiger partial charge in [0.2, 0.25) is 0 Å². The molecule has 1 aromatic carbocycles. The number of ether oxygens (including phenoxy) is 2. The Balaban J connectivity index is 0.000000745. The van der Waals surface area contributed by atoms with Crippen molar-refractivity contribution in [2.75, 3.05) is 14.2 Å². The van der Waals surface area contributed by atoms with Crippen LogP contribution in [0.25, 0.3) is 10.1 Å². The number of hydrogen-bond acceptors (Lipinski definition) is 5. The number of carbonyl (C=O) groups is 2. The Hall–Kier alpha value is -2.15. The molecule has 2 rings (SSSR count). The first-order valence-electron chi connectivity index (χ1n) is 6.49. The Kier molecular flexibility index (Phi) is 6.78. The summed E-state index contributed by atoms with van der Waals surface area (Å²) >= 11 is 1.28. The summed E-state index contributed by atoms with van der Waals surface area (Å²) in [5.74, 6) is -0.0317. The highest BCUT2D eigenvalue weighted by molar-refractivity contribution is 7.20. The lowest BCUT2D eigenvalue weighted by Gasteiger charge is -2.08. The van der Waals surface area contributed by atoms with Gasteiger partial charge in [0.1, 0.15) is 0 Å². The number of hydrogen-bond donors (Lipinski definition) is 1. The average molecular weight is 328 g/mol. The van der Waals surface area contributed by atoms with Crippen LogP contribution in [0.4, 0.5) is 4.39 Å². The van der Waals surface area contributed by atoms with Gasteiger partial charge in [-0.1, -0.05) is 6.92 Å². The van der Waals surface area contributed by atoms with E-state index in [0.29, 0.717) is 27.1 Å². The summed E-state index contributed by atoms with van der Waals surface area (Å²) in [5, 5.41) is 7.29. The molecule has 0 saturated carbocycles. The molecule has 7 heteroatoms. The first kappa shape index (κ1) is 17.9. The Morgan fingerprint density at radius 3 is 2.50 bits per heavy atom. The molecule has 0 saturated heterocycles. The molecule has 0 radical (unpaired) electrons. The number of halogens is 1. The largest absolute Gasteiger partial charge is 0.493 e. The summed E-state index contributed by atoms with van der Waals surface area (Å²) in [6, 6.07) is 3.29. The van der Waals surface area contributed by atoms with Crippen molar-refractivity contribution in [2.24, 2.45) is 0 Å². The lowest BCUT2D eigenvalue weighted by atomic mass is 10.1. The SMILES string of the molecule is CCCC(=O)c1cc2c(F)c(OC)c(OC)cc2s1.O=CO. The maximum absolute atomic E-state index is 14.3. The van der Waals surface area contributed by atoms with E-state index < -0.39 is 5.82 Å². The normalized spacial score (nSPS) is 9.82. The second kappa shape index (κ2) is 8.33. The molecule has 1 heterocycles. The van der Waals surface area contributed by atoms with Gasteiger partial charge in [-0.2, -0.15) is 0 Å². The zero-order valence-electron chi connectivity index (χ0n) is 12.5. The van der Waals surface area contributed by atoms with Gasteiger partial charge in [0.05, 0.1) is 19.1 Å². The second-order valence-corrected chi connectivity index (χ2v) is 5.31. The van der Waals surface area contributed by atoms with E-state index in [-0.39, 0.29) is 18.0 Å². The fourth-order valence-corrected chi connectivity index (χ4v) is 2.98. The van der Waals surface area contributed by atoms with Crippen LogP contribution in [0.2, 0.25) is 0 Å². The molecule has 0 aliphatic heterocycles. The van der Waals surface area contributed by atoms with Gasteiger partial charge in [-0.25, -0.2) is 4.39 Å². The number of carboxylic acid groups (broad SMARTS) is 1. The van der Waals surface area contributed by atoms with Gasteiger partial charge in [0.15, 0.2) is 23.1 Å². The van der Waals surface area contributed by atoms with Crippen molar-refractivity contribution in [3.05, 3.63) is 22.8 Å². The maximum atomic E-state index is 14.3. The Bertz CT molecular complexity index is 665. The number of Topliss-reactive ketones (excluding diaryl/α,β-unsaturated/α-hetero) is 1. The molecular weight excluding hydrogens is 311 g/mol.